The average Bonchev–Trinajstić information content (AvgIpc) is 2.71. The zero-order chi connectivity index (χ0) is 10.7. The van der Waals surface area contributed by atoms with Gasteiger partial charge in [0.05, 0.1) is 0 Å². The lowest BCUT2D eigenvalue weighted by atomic mass is 10.2. The lowest BCUT2D eigenvalue weighted by molar-refractivity contribution is 0.331. The summed E-state index contributed by atoms with van der Waals surface area (Å²) in [5, 5.41) is 0. The van der Waals surface area contributed by atoms with Crippen LogP contribution in [-0.4, -0.2) is 32.1 Å². The smallest absolute Gasteiger partial charge is 0.0364 e. The number of anilines is 1. The monoisotopic (exact) mass is 204 g/mol. The molecule has 0 saturated carbocycles. The first kappa shape index (κ1) is 10.5. The van der Waals surface area contributed by atoms with E-state index in [1.54, 1.807) is 0 Å². The van der Waals surface area contributed by atoms with Gasteiger partial charge >= 0.3 is 0 Å². The summed E-state index contributed by atoms with van der Waals surface area (Å²) in [5.74, 6) is 0. The number of hydrogen-bond acceptors (Lipinski definition) is 2. The predicted molar refractivity (Wildman–Crippen MR) is 65.3 cm³/mol. The molecule has 0 aliphatic carbocycles. The van der Waals surface area contributed by atoms with Crippen LogP contribution in [0.4, 0.5) is 5.69 Å². The Morgan fingerprint density at radius 1 is 1.20 bits per heavy atom. The van der Waals surface area contributed by atoms with Gasteiger partial charge < -0.3 is 4.90 Å². The van der Waals surface area contributed by atoms with Crippen LogP contribution in [0.2, 0.25) is 0 Å². The van der Waals surface area contributed by atoms with E-state index in [-0.39, 0.29) is 0 Å². The molecule has 1 aliphatic rings. The molecule has 0 unspecified atom stereocenters. The molecule has 2 heteroatoms. The lowest BCUT2D eigenvalue weighted by Crippen LogP contribution is -2.18. The summed E-state index contributed by atoms with van der Waals surface area (Å²) in [4.78, 5) is 4.70. The van der Waals surface area contributed by atoms with Crippen molar-refractivity contribution in [3.63, 3.8) is 0 Å². The lowest BCUT2D eigenvalue weighted by Gasteiger charge is -2.17. The molecule has 1 saturated heterocycles. The fourth-order valence-corrected chi connectivity index (χ4v) is 2.13. The summed E-state index contributed by atoms with van der Waals surface area (Å²) >= 11 is 0. The largest absolute Gasteiger partial charge is 0.378 e. The third-order valence-corrected chi connectivity index (χ3v) is 3.03. The predicted octanol–water partition coefficient (Wildman–Crippen LogP) is 2.35. The van der Waals surface area contributed by atoms with Crippen molar-refractivity contribution >= 4 is 5.69 Å². The van der Waals surface area contributed by atoms with Gasteiger partial charge in [-0.1, -0.05) is 12.1 Å². The van der Waals surface area contributed by atoms with E-state index in [1.165, 1.54) is 37.2 Å². The second kappa shape index (κ2) is 4.67. The summed E-state index contributed by atoms with van der Waals surface area (Å²) in [5.41, 5.74) is 2.73. The van der Waals surface area contributed by atoms with E-state index in [1.807, 2.05) is 0 Å². The first-order valence-corrected chi connectivity index (χ1v) is 5.74. The van der Waals surface area contributed by atoms with Crippen molar-refractivity contribution in [2.45, 2.75) is 19.4 Å². The molecule has 1 fully saturated rings. The number of hydrogen-bond donors (Lipinski definition) is 0. The number of benzene rings is 1. The maximum atomic E-state index is 2.54. The highest BCUT2D eigenvalue weighted by Gasteiger charge is 2.11. The minimum atomic E-state index is 1.11. The minimum absolute atomic E-state index is 1.11. The van der Waals surface area contributed by atoms with Gasteiger partial charge in [-0.25, -0.2) is 0 Å². The zero-order valence-electron chi connectivity index (χ0n) is 9.74. The maximum absolute atomic E-state index is 2.54. The molecule has 0 N–H and O–H groups in total. The molecule has 1 aromatic rings. The Morgan fingerprint density at radius 3 is 2.60 bits per heavy atom. The van der Waals surface area contributed by atoms with E-state index in [2.05, 4.69) is 48.2 Å². The van der Waals surface area contributed by atoms with Crippen LogP contribution in [0, 0.1) is 0 Å². The Bertz CT molecular complexity index is 314. The number of rotatable bonds is 3. The summed E-state index contributed by atoms with van der Waals surface area (Å²) in [7, 11) is 4.18. The van der Waals surface area contributed by atoms with Gasteiger partial charge in [0, 0.05) is 26.3 Å². The molecule has 0 aromatic heterocycles. The molecule has 0 bridgehead atoms. The van der Waals surface area contributed by atoms with Gasteiger partial charge in [0.1, 0.15) is 0 Å². The van der Waals surface area contributed by atoms with Crippen molar-refractivity contribution in [1.82, 2.24) is 4.90 Å². The van der Waals surface area contributed by atoms with Gasteiger partial charge in [0.15, 0.2) is 0 Å². The van der Waals surface area contributed by atoms with Crippen molar-refractivity contribution in [3.05, 3.63) is 29.8 Å². The molecule has 1 aliphatic heterocycles. The Morgan fingerprint density at radius 2 is 1.93 bits per heavy atom. The van der Waals surface area contributed by atoms with Crippen molar-refractivity contribution in [1.29, 1.82) is 0 Å². The molecule has 1 aromatic carbocycles. The number of nitrogens with zero attached hydrogens (tertiary/aromatic N) is 2. The summed E-state index contributed by atoms with van der Waals surface area (Å²) in [6, 6.07) is 8.83. The van der Waals surface area contributed by atoms with Crippen LogP contribution < -0.4 is 4.90 Å². The summed E-state index contributed by atoms with van der Waals surface area (Å²) < 4.78 is 0. The normalized spacial score (nSPS) is 16.9. The van der Waals surface area contributed by atoms with Crippen LogP contribution >= 0.6 is 0 Å². The van der Waals surface area contributed by atoms with Crippen LogP contribution in [0.5, 0.6) is 0 Å². The van der Waals surface area contributed by atoms with Crippen molar-refractivity contribution in [2.24, 2.45) is 0 Å². The van der Waals surface area contributed by atoms with E-state index in [4.69, 9.17) is 0 Å². The van der Waals surface area contributed by atoms with Crippen LogP contribution in [0.3, 0.4) is 0 Å². The second-order valence-corrected chi connectivity index (χ2v) is 4.55. The summed E-state index contributed by atoms with van der Waals surface area (Å²) in [6.07, 6.45) is 2.74. The van der Waals surface area contributed by atoms with Crippen LogP contribution in [-0.2, 0) is 6.54 Å². The Hall–Kier alpha value is -1.02. The third kappa shape index (κ3) is 2.72. The summed E-state index contributed by atoms with van der Waals surface area (Å²) in [6.45, 7) is 3.65. The topological polar surface area (TPSA) is 6.48 Å². The molecule has 2 nitrogen and oxygen atoms in total. The molecule has 1 heterocycles. The highest BCUT2D eigenvalue weighted by atomic mass is 15.1. The molecule has 0 amide bonds. The Labute approximate surface area is 92.5 Å². The minimum Gasteiger partial charge on any atom is -0.378 e. The first-order chi connectivity index (χ1) is 7.25. The maximum Gasteiger partial charge on any atom is 0.0364 e. The Kier molecular flexibility index (Phi) is 3.27. The highest BCUT2D eigenvalue weighted by molar-refractivity contribution is 5.47. The molecule has 0 radical (unpaired) electrons. The van der Waals surface area contributed by atoms with Crippen molar-refractivity contribution < 1.29 is 0 Å². The standard InChI is InChI=1S/C13H20N2/c1-14(2)13-7-5-6-12(10-13)11-15-8-3-4-9-15/h5-7,10H,3-4,8-9,11H2,1-2H3. The molecule has 0 spiro atoms. The van der Waals surface area contributed by atoms with Gasteiger partial charge in [-0.2, -0.15) is 0 Å². The fraction of sp³-hybridized carbons (Fsp3) is 0.538. The van der Waals surface area contributed by atoms with Crippen LogP contribution in [0.25, 0.3) is 0 Å². The zero-order valence-corrected chi connectivity index (χ0v) is 9.74. The van der Waals surface area contributed by atoms with Gasteiger partial charge in [-0.15, -0.1) is 0 Å². The SMILES string of the molecule is CN(C)c1cccc(CN2CCCC2)c1. The Balaban J connectivity index is 2.04. The quantitative estimate of drug-likeness (QED) is 0.745. The van der Waals surface area contributed by atoms with E-state index in [0.29, 0.717) is 0 Å². The molecule has 82 valence electrons. The van der Waals surface area contributed by atoms with E-state index in [9.17, 15) is 0 Å². The van der Waals surface area contributed by atoms with Crippen molar-refractivity contribution in [3.8, 4) is 0 Å². The van der Waals surface area contributed by atoms with E-state index >= 15 is 0 Å². The van der Waals surface area contributed by atoms with Crippen LogP contribution in [0.1, 0.15) is 18.4 Å². The first-order valence-electron chi connectivity index (χ1n) is 5.74. The molecular formula is C13H20N2. The fourth-order valence-electron chi connectivity index (χ4n) is 2.13. The molecule has 2 rings (SSSR count). The van der Waals surface area contributed by atoms with Gasteiger partial charge in [-0.05, 0) is 43.6 Å². The average molecular weight is 204 g/mol. The van der Waals surface area contributed by atoms with Crippen molar-refractivity contribution in [2.75, 3.05) is 32.1 Å². The molecule has 15 heavy (non-hydrogen) atoms. The van der Waals surface area contributed by atoms with Crippen LogP contribution in [0.15, 0.2) is 24.3 Å². The van der Waals surface area contributed by atoms with E-state index in [0.717, 1.165) is 6.54 Å². The second-order valence-electron chi connectivity index (χ2n) is 4.55. The van der Waals surface area contributed by atoms with Gasteiger partial charge in [0.25, 0.3) is 0 Å². The van der Waals surface area contributed by atoms with E-state index < -0.39 is 0 Å². The molecular weight excluding hydrogens is 184 g/mol. The number of likely N-dealkylation sites (tertiary alicyclic amines) is 1. The highest BCUT2D eigenvalue weighted by Crippen LogP contribution is 2.17. The van der Waals surface area contributed by atoms with Gasteiger partial charge in [0.2, 0.25) is 0 Å². The molecule has 0 atom stereocenters. The third-order valence-electron chi connectivity index (χ3n) is 3.03. The van der Waals surface area contributed by atoms with Gasteiger partial charge in [-0.3, -0.25) is 4.90 Å².